The fraction of sp³-hybridized carbons (Fsp3) is 0.261. The van der Waals surface area contributed by atoms with Crippen LogP contribution in [-0.4, -0.2) is 40.1 Å². The number of aromatic nitrogens is 1. The third-order valence-corrected chi connectivity index (χ3v) is 5.23. The van der Waals surface area contributed by atoms with Crippen LogP contribution in [0.2, 0.25) is 0 Å². The number of rotatable bonds is 6. The van der Waals surface area contributed by atoms with E-state index in [1.54, 1.807) is 6.92 Å². The van der Waals surface area contributed by atoms with Gasteiger partial charge < -0.3 is 15.2 Å². The Bertz CT molecular complexity index is 1230. The molecule has 0 unspecified atom stereocenters. The van der Waals surface area contributed by atoms with Gasteiger partial charge in [0.05, 0.1) is 19.0 Å². The summed E-state index contributed by atoms with van der Waals surface area (Å²) in [6, 6.07) is 7.41. The van der Waals surface area contributed by atoms with Crippen LogP contribution in [0.25, 0.3) is 10.9 Å². The van der Waals surface area contributed by atoms with Crippen molar-refractivity contribution < 1.29 is 33.0 Å². The Morgan fingerprint density at radius 3 is 2.31 bits per heavy atom. The summed E-state index contributed by atoms with van der Waals surface area (Å²) in [6.07, 6.45) is -0.252. The number of ether oxygens (including phenoxy) is 1. The molecular formula is C23H22F2N2O5. The quantitative estimate of drug-likeness (QED) is 0.607. The summed E-state index contributed by atoms with van der Waals surface area (Å²) in [5.41, 5.74) is -0.351. The number of methoxy groups -OCH3 is 1. The minimum atomic E-state index is -1.50. The molecular weight excluding hydrogens is 422 g/mol. The number of carboxylic acids is 1. The Labute approximate surface area is 182 Å². The number of halogens is 2. The van der Waals surface area contributed by atoms with Gasteiger partial charge >= 0.3 is 5.97 Å². The zero-order chi connectivity index (χ0) is 23.8. The molecule has 1 amide bonds. The summed E-state index contributed by atoms with van der Waals surface area (Å²) in [7, 11) is 1.29. The van der Waals surface area contributed by atoms with Crippen molar-refractivity contribution >= 4 is 28.7 Å². The van der Waals surface area contributed by atoms with Gasteiger partial charge in [0.2, 0.25) is 5.91 Å². The number of carbonyl (C=O) groups is 3. The molecule has 0 aliphatic heterocycles. The van der Waals surface area contributed by atoms with Gasteiger partial charge in [-0.15, -0.1) is 0 Å². The first-order valence-electron chi connectivity index (χ1n) is 9.68. The van der Waals surface area contributed by atoms with Crippen molar-refractivity contribution in [1.29, 1.82) is 0 Å². The first-order valence-corrected chi connectivity index (χ1v) is 9.68. The largest absolute Gasteiger partial charge is 0.494 e. The number of carbonyl (C=O) groups excluding carboxylic acids is 2. The van der Waals surface area contributed by atoms with E-state index in [1.165, 1.54) is 43.7 Å². The number of amides is 1. The second kappa shape index (κ2) is 8.41. The lowest BCUT2D eigenvalue weighted by molar-refractivity contribution is -0.145. The number of benzene rings is 2. The predicted molar refractivity (Wildman–Crippen MR) is 113 cm³/mol. The normalized spacial score (nSPS) is 11.4. The summed E-state index contributed by atoms with van der Waals surface area (Å²) >= 11 is 0. The van der Waals surface area contributed by atoms with Gasteiger partial charge in [-0.05, 0) is 56.7 Å². The van der Waals surface area contributed by atoms with Crippen LogP contribution in [0.1, 0.15) is 35.5 Å². The summed E-state index contributed by atoms with van der Waals surface area (Å²) in [5, 5.41) is 12.1. The molecule has 0 radical (unpaired) electrons. The van der Waals surface area contributed by atoms with Crippen LogP contribution >= 0.6 is 0 Å². The molecule has 2 aromatic carbocycles. The molecule has 1 heterocycles. The number of nitrogens with zero attached hydrogens (tertiary/aromatic N) is 1. The molecule has 0 spiro atoms. The Morgan fingerprint density at radius 2 is 1.75 bits per heavy atom. The number of fused-ring (bicyclic) bond motifs is 1. The molecule has 2 N–H and O–H groups in total. The molecule has 0 atom stereocenters. The zero-order valence-electron chi connectivity index (χ0n) is 18.0. The van der Waals surface area contributed by atoms with Crippen molar-refractivity contribution in [3.05, 3.63) is 64.9 Å². The standard InChI is InChI=1S/C23H22F2N2O5/c1-12-15(10-20(28)26-23(2,3)22(30)31)16-9-19(32-4)17(25)11-18(16)27(12)21(29)13-5-7-14(24)8-6-13/h5-9,11H,10H2,1-4H3,(H,26,28)(H,30,31). The van der Waals surface area contributed by atoms with Gasteiger partial charge in [-0.1, -0.05) is 0 Å². The monoisotopic (exact) mass is 444 g/mol. The number of nitrogens with one attached hydrogen (secondary N) is 1. The topological polar surface area (TPSA) is 97.6 Å². The number of carboxylic acid groups (broad SMARTS) is 1. The summed E-state index contributed by atoms with van der Waals surface area (Å²) in [6.45, 7) is 4.29. The van der Waals surface area contributed by atoms with E-state index < -0.39 is 35.0 Å². The van der Waals surface area contributed by atoms with Gasteiger partial charge in [0.25, 0.3) is 5.91 Å². The van der Waals surface area contributed by atoms with Crippen molar-refractivity contribution in [1.82, 2.24) is 9.88 Å². The maximum Gasteiger partial charge on any atom is 0.328 e. The van der Waals surface area contributed by atoms with Gasteiger partial charge in [-0.2, -0.15) is 0 Å². The number of aliphatic carboxylic acids is 1. The van der Waals surface area contributed by atoms with Crippen LogP contribution in [0, 0.1) is 18.6 Å². The van der Waals surface area contributed by atoms with Gasteiger partial charge in [0, 0.05) is 22.7 Å². The van der Waals surface area contributed by atoms with E-state index in [2.05, 4.69) is 5.32 Å². The number of hydrogen-bond acceptors (Lipinski definition) is 4. The molecule has 0 saturated carbocycles. The van der Waals surface area contributed by atoms with Crippen LogP contribution < -0.4 is 10.1 Å². The highest BCUT2D eigenvalue weighted by atomic mass is 19.1. The van der Waals surface area contributed by atoms with E-state index in [0.717, 1.165) is 18.2 Å². The molecule has 3 aromatic rings. The summed E-state index contributed by atoms with van der Waals surface area (Å²) < 4.78 is 34.1. The predicted octanol–water partition coefficient (Wildman–Crippen LogP) is 3.45. The smallest absolute Gasteiger partial charge is 0.328 e. The van der Waals surface area contributed by atoms with Crippen molar-refractivity contribution in [3.8, 4) is 5.75 Å². The van der Waals surface area contributed by atoms with E-state index in [-0.39, 0.29) is 23.3 Å². The minimum absolute atomic E-state index is 0.0728. The van der Waals surface area contributed by atoms with E-state index in [4.69, 9.17) is 4.74 Å². The van der Waals surface area contributed by atoms with Gasteiger partial charge in [0.15, 0.2) is 11.6 Å². The van der Waals surface area contributed by atoms with Crippen LogP contribution in [0.5, 0.6) is 5.75 Å². The average molecular weight is 444 g/mol. The molecule has 32 heavy (non-hydrogen) atoms. The maximum atomic E-state index is 14.5. The van der Waals surface area contributed by atoms with Crippen molar-refractivity contribution in [2.75, 3.05) is 7.11 Å². The third kappa shape index (κ3) is 4.18. The SMILES string of the molecule is COc1cc2c(CC(=O)NC(C)(C)C(=O)O)c(C)n(C(=O)c3ccc(F)cc3)c2cc1F. The van der Waals surface area contributed by atoms with E-state index in [0.29, 0.717) is 16.6 Å². The van der Waals surface area contributed by atoms with E-state index >= 15 is 0 Å². The second-order valence-electron chi connectivity index (χ2n) is 7.87. The van der Waals surface area contributed by atoms with Crippen molar-refractivity contribution in [2.24, 2.45) is 0 Å². The van der Waals surface area contributed by atoms with Gasteiger partial charge in [0.1, 0.15) is 11.4 Å². The Morgan fingerprint density at radius 1 is 1.12 bits per heavy atom. The third-order valence-electron chi connectivity index (χ3n) is 5.23. The van der Waals surface area contributed by atoms with E-state index in [1.807, 2.05) is 0 Å². The lowest BCUT2D eigenvalue weighted by atomic mass is 10.0. The molecule has 0 saturated heterocycles. The second-order valence-corrected chi connectivity index (χ2v) is 7.87. The maximum absolute atomic E-state index is 14.5. The van der Waals surface area contributed by atoms with Crippen LogP contribution in [0.3, 0.4) is 0 Å². The van der Waals surface area contributed by atoms with E-state index in [9.17, 15) is 28.3 Å². The molecule has 0 aliphatic rings. The fourth-order valence-electron chi connectivity index (χ4n) is 3.45. The lowest BCUT2D eigenvalue weighted by Crippen LogP contribution is -2.50. The first-order chi connectivity index (χ1) is 15.0. The molecule has 7 nitrogen and oxygen atoms in total. The Balaban J connectivity index is 2.15. The van der Waals surface area contributed by atoms with Crippen LogP contribution in [-0.2, 0) is 16.0 Å². The van der Waals surface area contributed by atoms with Crippen LogP contribution in [0.15, 0.2) is 36.4 Å². The van der Waals surface area contributed by atoms with Gasteiger partial charge in [-0.25, -0.2) is 13.6 Å². The fourth-order valence-corrected chi connectivity index (χ4v) is 3.45. The minimum Gasteiger partial charge on any atom is -0.494 e. The number of hydrogen-bond donors (Lipinski definition) is 2. The highest BCUT2D eigenvalue weighted by Gasteiger charge is 2.30. The Hall–Kier alpha value is -3.75. The molecule has 3 rings (SSSR count). The Kier molecular flexibility index (Phi) is 6.03. The lowest BCUT2D eigenvalue weighted by Gasteiger charge is -2.21. The molecule has 0 aliphatic carbocycles. The first kappa shape index (κ1) is 22.9. The zero-order valence-corrected chi connectivity index (χ0v) is 18.0. The van der Waals surface area contributed by atoms with Crippen molar-refractivity contribution in [3.63, 3.8) is 0 Å². The highest BCUT2D eigenvalue weighted by Crippen LogP contribution is 2.32. The van der Waals surface area contributed by atoms with Crippen LogP contribution in [0.4, 0.5) is 8.78 Å². The highest BCUT2D eigenvalue weighted by molar-refractivity contribution is 6.05. The molecule has 9 heteroatoms. The van der Waals surface area contributed by atoms with Crippen molar-refractivity contribution in [2.45, 2.75) is 32.7 Å². The summed E-state index contributed by atoms with van der Waals surface area (Å²) in [4.78, 5) is 37.1. The molecule has 1 aromatic heterocycles. The molecule has 0 bridgehead atoms. The summed E-state index contributed by atoms with van der Waals surface area (Å²) in [5.74, 6) is -3.61. The van der Waals surface area contributed by atoms with Gasteiger partial charge in [-0.3, -0.25) is 14.2 Å². The molecule has 0 fully saturated rings. The molecule has 168 valence electrons. The average Bonchev–Trinajstić information content (AvgIpc) is 2.97.